The molecule has 118 valence electrons. The van der Waals surface area contributed by atoms with Crippen LogP contribution in [0.5, 0.6) is 0 Å². The van der Waals surface area contributed by atoms with Crippen molar-refractivity contribution in [3.05, 3.63) is 53.1 Å². The number of thiocarbonyl (C=S) groups is 1. The second-order valence-electron chi connectivity index (χ2n) is 4.91. The van der Waals surface area contributed by atoms with E-state index in [2.05, 4.69) is 0 Å². The third-order valence-corrected chi connectivity index (χ3v) is 5.46. The van der Waals surface area contributed by atoms with E-state index in [1.54, 1.807) is 22.7 Å². The van der Waals surface area contributed by atoms with Crippen molar-refractivity contribution >= 4 is 52.0 Å². The van der Waals surface area contributed by atoms with E-state index < -0.39 is 0 Å². The number of carbonyl (C=O) groups excluding carboxylic acids is 1. The molecule has 2 aromatic rings. The molecule has 3 rings (SSSR count). The van der Waals surface area contributed by atoms with Crippen molar-refractivity contribution < 1.29 is 9.21 Å². The van der Waals surface area contributed by atoms with E-state index in [1.807, 2.05) is 49.4 Å². The first kappa shape index (κ1) is 16.4. The van der Waals surface area contributed by atoms with Gasteiger partial charge in [-0.1, -0.05) is 60.9 Å². The van der Waals surface area contributed by atoms with Gasteiger partial charge in [0, 0.05) is 17.5 Å². The van der Waals surface area contributed by atoms with E-state index >= 15 is 0 Å². The van der Waals surface area contributed by atoms with E-state index in [0.717, 1.165) is 16.4 Å². The van der Waals surface area contributed by atoms with Gasteiger partial charge in [0.05, 0.1) is 4.91 Å². The number of benzene rings is 1. The summed E-state index contributed by atoms with van der Waals surface area (Å²) in [7, 11) is 0. The van der Waals surface area contributed by atoms with E-state index in [-0.39, 0.29) is 5.91 Å². The van der Waals surface area contributed by atoms with Crippen LogP contribution < -0.4 is 0 Å². The third-order valence-electron chi connectivity index (χ3n) is 3.16. The summed E-state index contributed by atoms with van der Waals surface area (Å²) >= 11 is 8.15. The Labute approximate surface area is 149 Å². The Morgan fingerprint density at radius 1 is 1.26 bits per heavy atom. The van der Waals surface area contributed by atoms with Crippen molar-refractivity contribution in [3.8, 4) is 0 Å². The minimum Gasteiger partial charge on any atom is -0.450 e. The van der Waals surface area contributed by atoms with E-state index in [9.17, 15) is 4.79 Å². The van der Waals surface area contributed by atoms with Gasteiger partial charge >= 0.3 is 0 Å². The predicted octanol–water partition coefficient (Wildman–Crippen LogP) is 5.04. The Morgan fingerprint density at radius 2 is 2.04 bits per heavy atom. The van der Waals surface area contributed by atoms with Crippen LogP contribution in [0.3, 0.4) is 0 Å². The lowest BCUT2D eigenvalue weighted by atomic mass is 10.3. The van der Waals surface area contributed by atoms with Gasteiger partial charge < -0.3 is 4.42 Å². The standard InChI is InChI=1S/C17H15NO2S3/c1-2-10-18-16(19)14(23-17(18)21)11-12-8-9-15(20-12)22-13-6-4-3-5-7-13/h3-9,11H,2,10H2,1H3/b14-11+. The molecular formula is C17H15NO2S3. The molecule has 23 heavy (non-hydrogen) atoms. The van der Waals surface area contributed by atoms with Gasteiger partial charge in [-0.15, -0.1) is 0 Å². The van der Waals surface area contributed by atoms with Gasteiger partial charge in [0.25, 0.3) is 5.91 Å². The van der Waals surface area contributed by atoms with Gasteiger partial charge in [-0.2, -0.15) is 0 Å². The minimum absolute atomic E-state index is 0.0319. The monoisotopic (exact) mass is 361 g/mol. The highest BCUT2D eigenvalue weighted by Crippen LogP contribution is 2.34. The number of hydrogen-bond acceptors (Lipinski definition) is 5. The normalized spacial score (nSPS) is 16.6. The number of furan rings is 1. The Hall–Kier alpha value is -1.50. The maximum absolute atomic E-state index is 12.3. The molecule has 0 unspecified atom stereocenters. The number of carbonyl (C=O) groups is 1. The van der Waals surface area contributed by atoms with Crippen LogP contribution in [0.4, 0.5) is 0 Å². The van der Waals surface area contributed by atoms with Crippen molar-refractivity contribution in [1.29, 1.82) is 0 Å². The zero-order valence-electron chi connectivity index (χ0n) is 12.5. The molecule has 1 amide bonds. The lowest BCUT2D eigenvalue weighted by Crippen LogP contribution is -2.28. The van der Waals surface area contributed by atoms with Gasteiger partial charge in [-0.05, 0) is 30.7 Å². The molecular weight excluding hydrogens is 346 g/mol. The molecule has 3 nitrogen and oxygen atoms in total. The van der Waals surface area contributed by atoms with Gasteiger partial charge in [-0.3, -0.25) is 9.69 Å². The summed E-state index contributed by atoms with van der Waals surface area (Å²) in [6.07, 6.45) is 2.66. The molecule has 1 saturated heterocycles. The SMILES string of the molecule is CCCN1C(=O)/C(=C\c2ccc(Sc3ccccc3)o2)SC1=S. The highest BCUT2D eigenvalue weighted by Gasteiger charge is 2.31. The molecule has 0 bridgehead atoms. The first-order chi connectivity index (χ1) is 11.2. The Kier molecular flexibility index (Phi) is 5.25. The quantitative estimate of drug-likeness (QED) is 0.550. The van der Waals surface area contributed by atoms with Crippen molar-refractivity contribution in [2.75, 3.05) is 6.54 Å². The van der Waals surface area contributed by atoms with Crippen LogP contribution in [0.1, 0.15) is 19.1 Å². The molecule has 1 fully saturated rings. The fourth-order valence-electron chi connectivity index (χ4n) is 2.12. The van der Waals surface area contributed by atoms with Crippen LogP contribution in [0, 0.1) is 0 Å². The topological polar surface area (TPSA) is 33.5 Å². The molecule has 0 aliphatic carbocycles. The van der Waals surface area contributed by atoms with Crippen LogP contribution in [0.25, 0.3) is 6.08 Å². The summed E-state index contributed by atoms with van der Waals surface area (Å²) in [5.74, 6) is 0.635. The minimum atomic E-state index is -0.0319. The Morgan fingerprint density at radius 3 is 2.78 bits per heavy atom. The maximum atomic E-state index is 12.3. The van der Waals surface area contributed by atoms with E-state index in [4.69, 9.17) is 16.6 Å². The van der Waals surface area contributed by atoms with Gasteiger partial charge in [0.2, 0.25) is 0 Å². The fraction of sp³-hybridized carbons (Fsp3) is 0.176. The molecule has 0 radical (unpaired) electrons. The Bertz CT molecular complexity index is 752. The molecule has 1 aliphatic heterocycles. The first-order valence-corrected chi connectivity index (χ1v) is 9.29. The Balaban J connectivity index is 1.74. The van der Waals surface area contributed by atoms with Crippen LogP contribution in [-0.2, 0) is 4.79 Å². The van der Waals surface area contributed by atoms with Crippen LogP contribution in [-0.4, -0.2) is 21.7 Å². The molecule has 6 heteroatoms. The van der Waals surface area contributed by atoms with Crippen molar-refractivity contribution in [2.24, 2.45) is 0 Å². The van der Waals surface area contributed by atoms with Crippen molar-refractivity contribution in [1.82, 2.24) is 4.90 Å². The second-order valence-corrected chi connectivity index (χ2v) is 7.66. The highest BCUT2D eigenvalue weighted by atomic mass is 32.2. The molecule has 1 aliphatic rings. The number of nitrogens with zero attached hydrogens (tertiary/aromatic N) is 1. The average molecular weight is 362 g/mol. The molecule has 0 spiro atoms. The lowest BCUT2D eigenvalue weighted by molar-refractivity contribution is -0.122. The largest absolute Gasteiger partial charge is 0.450 e. The lowest BCUT2D eigenvalue weighted by Gasteiger charge is -2.11. The fourth-order valence-corrected chi connectivity index (χ4v) is 4.21. The summed E-state index contributed by atoms with van der Waals surface area (Å²) in [5, 5.41) is 0.798. The van der Waals surface area contributed by atoms with Crippen molar-refractivity contribution in [3.63, 3.8) is 0 Å². The highest BCUT2D eigenvalue weighted by molar-refractivity contribution is 8.26. The number of thioether (sulfide) groups is 1. The summed E-state index contributed by atoms with van der Waals surface area (Å²) in [5.41, 5.74) is 0. The van der Waals surface area contributed by atoms with Crippen LogP contribution in [0.2, 0.25) is 0 Å². The summed E-state index contributed by atoms with van der Waals surface area (Å²) in [4.78, 5) is 15.7. The summed E-state index contributed by atoms with van der Waals surface area (Å²) in [6, 6.07) is 13.8. The number of amides is 1. The second kappa shape index (κ2) is 7.38. The molecule has 1 aromatic carbocycles. The first-order valence-electron chi connectivity index (χ1n) is 7.25. The van der Waals surface area contributed by atoms with Gasteiger partial charge in [-0.25, -0.2) is 0 Å². The number of hydrogen-bond donors (Lipinski definition) is 0. The van der Waals surface area contributed by atoms with Crippen molar-refractivity contribution in [2.45, 2.75) is 23.3 Å². The zero-order valence-corrected chi connectivity index (χ0v) is 15.0. The number of rotatable bonds is 5. The van der Waals surface area contributed by atoms with Gasteiger partial charge in [0.15, 0.2) is 5.09 Å². The molecule has 0 N–H and O–H groups in total. The van der Waals surface area contributed by atoms with E-state index in [0.29, 0.717) is 21.5 Å². The van der Waals surface area contributed by atoms with Crippen LogP contribution in [0.15, 0.2) is 61.8 Å². The maximum Gasteiger partial charge on any atom is 0.266 e. The van der Waals surface area contributed by atoms with Crippen LogP contribution >= 0.6 is 35.7 Å². The predicted molar refractivity (Wildman–Crippen MR) is 99.4 cm³/mol. The van der Waals surface area contributed by atoms with E-state index in [1.165, 1.54) is 11.8 Å². The smallest absolute Gasteiger partial charge is 0.266 e. The third kappa shape index (κ3) is 3.88. The average Bonchev–Trinajstić information content (AvgIpc) is 3.09. The summed E-state index contributed by atoms with van der Waals surface area (Å²) < 4.78 is 6.41. The van der Waals surface area contributed by atoms with Gasteiger partial charge in [0.1, 0.15) is 10.1 Å². The summed E-state index contributed by atoms with van der Waals surface area (Å²) in [6.45, 7) is 2.69. The molecule has 0 atom stereocenters. The molecule has 2 heterocycles. The molecule has 1 aromatic heterocycles. The zero-order chi connectivity index (χ0) is 16.2. The molecule has 0 saturated carbocycles.